The Labute approximate surface area is 271 Å². The Morgan fingerprint density at radius 3 is 2.54 bits per heavy atom. The standard InChI is InChI=1S/C30H43N5O10S/c1-30(2,3)45-29(42)35-24(26(38)39)25(27(40)43-4)44-15-17-8-7-9-18(14-17)32-22(37)12-13-31-21(36)11-6-5-10-20-23-19(16-46-20)33-28(41)34-23/h7-9,14,19-20,23-25H,5-6,10-13,15-16H2,1-4H3,(H,31,36)(H,32,37)(H,35,42)(H,38,39)(H2,33,34,41)/t19-,20-,23-,24+,25-/m0/s1. The second-order valence-electron chi connectivity index (χ2n) is 11.9. The number of ether oxygens (including phenoxy) is 3. The first-order chi connectivity index (χ1) is 21.8. The number of thioether (sulfide) groups is 1. The number of methoxy groups -OCH3 is 1. The molecule has 1 aromatic carbocycles. The van der Waals surface area contributed by atoms with Gasteiger partial charge in [0.2, 0.25) is 11.8 Å². The number of nitrogens with one attached hydrogen (secondary N) is 5. The summed E-state index contributed by atoms with van der Waals surface area (Å²) in [5, 5.41) is 23.5. The largest absolute Gasteiger partial charge is 0.480 e. The van der Waals surface area contributed by atoms with Gasteiger partial charge in [-0.15, -0.1) is 0 Å². The minimum Gasteiger partial charge on any atom is -0.480 e. The first kappa shape index (κ1) is 36.4. The van der Waals surface area contributed by atoms with Crippen LogP contribution in [0.5, 0.6) is 0 Å². The molecule has 2 aliphatic rings. The van der Waals surface area contributed by atoms with Crippen molar-refractivity contribution in [1.82, 2.24) is 21.3 Å². The van der Waals surface area contributed by atoms with Crippen LogP contribution in [-0.2, 0) is 40.0 Å². The third-order valence-electron chi connectivity index (χ3n) is 7.07. The van der Waals surface area contributed by atoms with Gasteiger partial charge in [0, 0.05) is 36.1 Å². The number of aliphatic carboxylic acids is 1. The molecule has 46 heavy (non-hydrogen) atoms. The van der Waals surface area contributed by atoms with Crippen LogP contribution in [0.2, 0.25) is 0 Å². The summed E-state index contributed by atoms with van der Waals surface area (Å²) in [4.78, 5) is 72.7. The summed E-state index contributed by atoms with van der Waals surface area (Å²) >= 11 is 1.84. The van der Waals surface area contributed by atoms with Gasteiger partial charge in [0.05, 0.1) is 25.8 Å². The lowest BCUT2D eigenvalue weighted by Gasteiger charge is -2.25. The monoisotopic (exact) mass is 665 g/mol. The Hall–Kier alpha value is -4.05. The van der Waals surface area contributed by atoms with E-state index in [9.17, 15) is 33.9 Å². The summed E-state index contributed by atoms with van der Waals surface area (Å²) in [7, 11) is 1.06. The molecule has 2 heterocycles. The number of carboxylic acid groups (broad SMARTS) is 1. The zero-order valence-corrected chi connectivity index (χ0v) is 27.2. The number of urea groups is 1. The molecular formula is C30H43N5O10S. The molecule has 0 bridgehead atoms. The van der Waals surface area contributed by atoms with Crippen molar-refractivity contribution in [3.05, 3.63) is 29.8 Å². The molecule has 2 aliphatic heterocycles. The first-order valence-corrected chi connectivity index (χ1v) is 16.1. The van der Waals surface area contributed by atoms with Gasteiger partial charge in [-0.25, -0.2) is 19.2 Å². The number of amides is 5. The molecule has 254 valence electrons. The van der Waals surface area contributed by atoms with Crippen LogP contribution in [0, 0.1) is 0 Å². The molecule has 0 saturated carbocycles. The van der Waals surface area contributed by atoms with Crippen LogP contribution < -0.4 is 26.6 Å². The van der Waals surface area contributed by atoms with Gasteiger partial charge in [-0.1, -0.05) is 18.6 Å². The first-order valence-electron chi connectivity index (χ1n) is 15.0. The molecule has 2 fully saturated rings. The number of esters is 1. The molecule has 16 heteroatoms. The van der Waals surface area contributed by atoms with Crippen LogP contribution in [0.4, 0.5) is 15.3 Å². The molecule has 0 spiro atoms. The summed E-state index contributed by atoms with van der Waals surface area (Å²) in [6.07, 6.45) is 0.142. The zero-order valence-electron chi connectivity index (χ0n) is 26.4. The van der Waals surface area contributed by atoms with E-state index >= 15 is 0 Å². The number of rotatable bonds is 16. The van der Waals surface area contributed by atoms with Gasteiger partial charge in [0.15, 0.2) is 12.1 Å². The highest BCUT2D eigenvalue weighted by molar-refractivity contribution is 8.00. The summed E-state index contributed by atoms with van der Waals surface area (Å²) < 4.78 is 15.4. The van der Waals surface area contributed by atoms with Gasteiger partial charge in [0.1, 0.15) is 5.60 Å². The van der Waals surface area contributed by atoms with E-state index in [0.29, 0.717) is 29.3 Å². The van der Waals surface area contributed by atoms with E-state index in [1.165, 1.54) is 0 Å². The van der Waals surface area contributed by atoms with E-state index in [4.69, 9.17) is 9.47 Å². The Morgan fingerprint density at radius 2 is 1.85 bits per heavy atom. The molecule has 0 radical (unpaired) electrons. The molecule has 0 aliphatic carbocycles. The van der Waals surface area contributed by atoms with Crippen molar-refractivity contribution in [2.75, 3.05) is 24.7 Å². The molecule has 0 unspecified atom stereocenters. The van der Waals surface area contributed by atoms with Crippen LogP contribution in [0.3, 0.4) is 0 Å². The number of carbonyl (C=O) groups excluding carboxylic acids is 5. The average Bonchev–Trinajstić information content (AvgIpc) is 3.52. The van der Waals surface area contributed by atoms with E-state index in [-0.39, 0.29) is 49.5 Å². The average molecular weight is 666 g/mol. The molecule has 6 N–H and O–H groups in total. The molecule has 5 atom stereocenters. The van der Waals surface area contributed by atoms with Gasteiger partial charge in [0.25, 0.3) is 0 Å². The smallest absolute Gasteiger partial charge is 0.408 e. The fraction of sp³-hybridized carbons (Fsp3) is 0.600. The number of carboxylic acids is 1. The lowest BCUT2D eigenvalue weighted by atomic mass is 10.0. The summed E-state index contributed by atoms with van der Waals surface area (Å²) in [5.74, 6) is -2.13. The molecular weight excluding hydrogens is 622 g/mol. The third kappa shape index (κ3) is 11.7. The lowest BCUT2D eigenvalue weighted by molar-refractivity contribution is -0.163. The van der Waals surface area contributed by atoms with E-state index in [0.717, 1.165) is 25.7 Å². The predicted molar refractivity (Wildman–Crippen MR) is 168 cm³/mol. The summed E-state index contributed by atoms with van der Waals surface area (Å²) in [5.41, 5.74) is 0.0221. The number of fused-ring (bicyclic) bond motifs is 1. The maximum absolute atomic E-state index is 12.5. The molecule has 3 rings (SSSR count). The van der Waals surface area contributed by atoms with Crippen LogP contribution in [0.15, 0.2) is 24.3 Å². The number of hydrogen-bond acceptors (Lipinski definition) is 10. The normalized spacial score (nSPS) is 19.9. The minimum absolute atomic E-state index is 0.0436. The van der Waals surface area contributed by atoms with Crippen molar-refractivity contribution in [1.29, 1.82) is 0 Å². The number of benzene rings is 1. The number of hydrogen-bond donors (Lipinski definition) is 6. The van der Waals surface area contributed by atoms with Crippen molar-refractivity contribution >= 4 is 53.3 Å². The van der Waals surface area contributed by atoms with Crippen molar-refractivity contribution in [2.24, 2.45) is 0 Å². The predicted octanol–water partition coefficient (Wildman–Crippen LogP) is 1.89. The highest BCUT2D eigenvalue weighted by Gasteiger charge is 2.42. The minimum atomic E-state index is -1.80. The zero-order chi connectivity index (χ0) is 33.9. The van der Waals surface area contributed by atoms with E-state index in [1.54, 1.807) is 45.0 Å². The second kappa shape index (κ2) is 17.0. The van der Waals surface area contributed by atoms with Crippen LogP contribution in [0.25, 0.3) is 0 Å². The lowest BCUT2D eigenvalue weighted by Crippen LogP contribution is -2.54. The van der Waals surface area contributed by atoms with Crippen molar-refractivity contribution in [2.45, 2.75) is 94.6 Å². The molecule has 1 aromatic rings. The number of alkyl carbamates (subject to hydrolysis) is 1. The Balaban J connectivity index is 1.40. The summed E-state index contributed by atoms with van der Waals surface area (Å²) in [6.45, 7) is 4.72. The fourth-order valence-corrected chi connectivity index (χ4v) is 6.49. The Bertz CT molecular complexity index is 1270. The van der Waals surface area contributed by atoms with E-state index in [2.05, 4.69) is 31.3 Å². The van der Waals surface area contributed by atoms with Gasteiger partial charge in [-0.05, 0) is 51.3 Å². The van der Waals surface area contributed by atoms with Gasteiger partial charge < -0.3 is 45.9 Å². The van der Waals surface area contributed by atoms with Crippen molar-refractivity contribution in [3.8, 4) is 0 Å². The molecule has 5 amide bonds. The molecule has 0 aromatic heterocycles. The maximum Gasteiger partial charge on any atom is 0.408 e. The molecule has 2 saturated heterocycles. The van der Waals surface area contributed by atoms with Crippen LogP contribution >= 0.6 is 11.8 Å². The topological polar surface area (TPSA) is 210 Å². The SMILES string of the molecule is COC(=O)[C@@H](OCc1cccc(NC(=O)CCNC(=O)CCCC[C@@H]2SC[C@@H]3NC(=O)N[C@@H]32)c1)[C@@H](NC(=O)OC(C)(C)C)C(=O)O. The van der Waals surface area contributed by atoms with E-state index < -0.39 is 35.8 Å². The van der Waals surface area contributed by atoms with Crippen molar-refractivity contribution in [3.63, 3.8) is 0 Å². The van der Waals surface area contributed by atoms with Gasteiger partial charge >= 0.3 is 24.1 Å². The van der Waals surface area contributed by atoms with E-state index in [1.807, 2.05) is 11.8 Å². The van der Waals surface area contributed by atoms with Crippen molar-refractivity contribution < 1.29 is 48.1 Å². The Kier molecular flexibility index (Phi) is 13.5. The number of carbonyl (C=O) groups is 6. The molecule has 15 nitrogen and oxygen atoms in total. The van der Waals surface area contributed by atoms with Gasteiger partial charge in [-0.3, -0.25) is 9.59 Å². The highest BCUT2D eigenvalue weighted by atomic mass is 32.2. The number of unbranched alkanes of at least 4 members (excludes halogenated alkanes) is 1. The third-order valence-corrected chi connectivity index (χ3v) is 8.58. The fourth-order valence-electron chi connectivity index (χ4n) is 4.94. The number of anilines is 1. The second-order valence-corrected chi connectivity index (χ2v) is 13.2. The quantitative estimate of drug-likeness (QED) is 0.0853. The maximum atomic E-state index is 12.5. The van der Waals surface area contributed by atoms with Crippen LogP contribution in [0.1, 0.15) is 58.4 Å². The van der Waals surface area contributed by atoms with Crippen LogP contribution in [-0.4, -0.2) is 95.5 Å². The summed E-state index contributed by atoms with van der Waals surface area (Å²) in [6, 6.07) is 4.92. The highest BCUT2D eigenvalue weighted by Crippen LogP contribution is 2.33. The van der Waals surface area contributed by atoms with Gasteiger partial charge in [-0.2, -0.15) is 11.8 Å². The Morgan fingerprint density at radius 1 is 1.09 bits per heavy atom.